The molecule has 0 saturated carbocycles. The van der Waals surface area contributed by atoms with E-state index in [0.29, 0.717) is 18.2 Å². The zero-order valence-electron chi connectivity index (χ0n) is 11.4. The van der Waals surface area contributed by atoms with Crippen molar-refractivity contribution in [2.45, 2.75) is 26.9 Å². The molecule has 0 fully saturated rings. The number of nitrogens with zero attached hydrogens (tertiary/aromatic N) is 2. The highest BCUT2D eigenvalue weighted by atomic mass is 32.2. The third-order valence-corrected chi connectivity index (χ3v) is 3.51. The summed E-state index contributed by atoms with van der Waals surface area (Å²) in [5.41, 5.74) is 0. The van der Waals surface area contributed by atoms with E-state index in [1.165, 1.54) is 6.33 Å². The van der Waals surface area contributed by atoms with Crippen LogP contribution in [0.4, 0.5) is 5.82 Å². The molecule has 0 aliphatic rings. The van der Waals surface area contributed by atoms with Gasteiger partial charge in [-0.1, -0.05) is 6.92 Å². The van der Waals surface area contributed by atoms with Gasteiger partial charge in [0.25, 0.3) is 0 Å². The third kappa shape index (κ3) is 6.35. The largest absolute Gasteiger partial charge is 0.475 e. The second-order valence-electron chi connectivity index (χ2n) is 4.15. The van der Waals surface area contributed by atoms with Crippen LogP contribution in [-0.2, 0) is 10.0 Å². The van der Waals surface area contributed by atoms with Crippen LogP contribution in [0.3, 0.4) is 0 Å². The maximum absolute atomic E-state index is 11.4. The Morgan fingerprint density at radius 1 is 1.37 bits per heavy atom. The summed E-state index contributed by atoms with van der Waals surface area (Å²) in [5, 5.41) is 2.92. The Bertz CT molecular complexity index is 490. The van der Waals surface area contributed by atoms with E-state index in [1.54, 1.807) is 13.0 Å². The highest BCUT2D eigenvalue weighted by Gasteiger charge is 2.08. The monoisotopic (exact) mass is 288 g/mol. The molecule has 0 aliphatic carbocycles. The lowest BCUT2D eigenvalue weighted by Gasteiger charge is -2.10. The Hall–Kier alpha value is -1.41. The van der Waals surface area contributed by atoms with Crippen LogP contribution < -0.4 is 14.8 Å². The lowest BCUT2D eigenvalue weighted by atomic mass is 10.5. The summed E-state index contributed by atoms with van der Waals surface area (Å²) < 4.78 is 30.7. The van der Waals surface area contributed by atoms with E-state index in [1.807, 2.05) is 13.8 Å². The lowest BCUT2D eigenvalue weighted by molar-refractivity contribution is 0.232. The Morgan fingerprint density at radius 2 is 2.11 bits per heavy atom. The van der Waals surface area contributed by atoms with Crippen molar-refractivity contribution in [2.24, 2.45) is 0 Å². The zero-order chi connectivity index (χ0) is 14.3. The molecule has 1 rings (SSSR count). The molecule has 0 spiro atoms. The predicted octanol–water partition coefficient (Wildman–Crippen LogP) is 0.615. The van der Waals surface area contributed by atoms with Crippen molar-refractivity contribution in [1.29, 1.82) is 0 Å². The van der Waals surface area contributed by atoms with Gasteiger partial charge in [-0.15, -0.1) is 0 Å². The molecule has 1 aromatic heterocycles. The van der Waals surface area contributed by atoms with E-state index in [9.17, 15) is 8.42 Å². The average molecular weight is 288 g/mol. The van der Waals surface area contributed by atoms with Gasteiger partial charge in [0.15, 0.2) is 0 Å². The van der Waals surface area contributed by atoms with Gasteiger partial charge in [0.2, 0.25) is 15.9 Å². The maximum atomic E-state index is 11.4. The van der Waals surface area contributed by atoms with Crippen LogP contribution in [0.25, 0.3) is 0 Å². The number of aromatic nitrogens is 2. The summed E-state index contributed by atoms with van der Waals surface area (Å²) in [5.74, 6) is 0.991. The summed E-state index contributed by atoms with van der Waals surface area (Å²) in [7, 11) is -3.22. The fourth-order valence-electron chi connectivity index (χ4n) is 1.35. The number of hydrogen-bond acceptors (Lipinski definition) is 6. The molecule has 0 radical (unpaired) electrons. The molecule has 0 unspecified atom stereocenters. The van der Waals surface area contributed by atoms with Crippen molar-refractivity contribution < 1.29 is 13.2 Å². The molecule has 0 atom stereocenters. The lowest BCUT2D eigenvalue weighted by Crippen LogP contribution is -2.29. The Kier molecular flexibility index (Phi) is 5.97. The van der Waals surface area contributed by atoms with E-state index in [2.05, 4.69) is 20.0 Å². The normalized spacial score (nSPS) is 11.6. The van der Waals surface area contributed by atoms with Gasteiger partial charge in [0, 0.05) is 19.2 Å². The third-order valence-electron chi connectivity index (χ3n) is 2.04. The standard InChI is InChI=1S/C11H20N4O3S/c1-4-15-19(16,17)6-5-12-10-7-11(14-8-13-10)18-9(2)3/h7-9,15H,4-6H2,1-3H3,(H,12,13,14). The van der Waals surface area contributed by atoms with E-state index < -0.39 is 10.0 Å². The van der Waals surface area contributed by atoms with Crippen molar-refractivity contribution in [3.05, 3.63) is 12.4 Å². The van der Waals surface area contributed by atoms with Gasteiger partial charge in [-0.3, -0.25) is 0 Å². The number of sulfonamides is 1. The molecule has 1 heterocycles. The number of hydrogen-bond donors (Lipinski definition) is 2. The van der Waals surface area contributed by atoms with Gasteiger partial charge in [-0.05, 0) is 13.8 Å². The molecule has 0 bridgehead atoms. The summed E-state index contributed by atoms with van der Waals surface area (Å²) in [6, 6.07) is 1.64. The minimum atomic E-state index is -3.22. The van der Waals surface area contributed by atoms with Crippen molar-refractivity contribution in [1.82, 2.24) is 14.7 Å². The highest BCUT2D eigenvalue weighted by Crippen LogP contribution is 2.12. The first-order chi connectivity index (χ1) is 8.93. The van der Waals surface area contributed by atoms with Crippen LogP contribution in [0, 0.1) is 0 Å². The van der Waals surface area contributed by atoms with Crippen LogP contribution in [0.2, 0.25) is 0 Å². The topological polar surface area (TPSA) is 93.2 Å². The minimum Gasteiger partial charge on any atom is -0.475 e. The second-order valence-corrected chi connectivity index (χ2v) is 6.08. The molecule has 108 valence electrons. The molecule has 0 aliphatic heterocycles. The molecule has 19 heavy (non-hydrogen) atoms. The molecule has 0 saturated heterocycles. The smallest absolute Gasteiger partial charge is 0.218 e. The molecule has 0 amide bonds. The minimum absolute atomic E-state index is 0.00872. The molecule has 8 heteroatoms. The van der Waals surface area contributed by atoms with Gasteiger partial charge in [0.1, 0.15) is 12.1 Å². The first-order valence-corrected chi connectivity index (χ1v) is 7.78. The van der Waals surface area contributed by atoms with Crippen LogP contribution in [-0.4, -0.2) is 43.3 Å². The molecular formula is C11H20N4O3S. The molecule has 0 aromatic carbocycles. The summed E-state index contributed by atoms with van der Waals surface area (Å²) in [6.45, 7) is 6.21. The fraction of sp³-hybridized carbons (Fsp3) is 0.636. The zero-order valence-corrected chi connectivity index (χ0v) is 12.2. The first-order valence-electron chi connectivity index (χ1n) is 6.13. The first kappa shape index (κ1) is 15.6. The summed E-state index contributed by atoms with van der Waals surface area (Å²) in [6.07, 6.45) is 1.40. The summed E-state index contributed by atoms with van der Waals surface area (Å²) in [4.78, 5) is 7.96. The second kappa shape index (κ2) is 7.25. The number of ether oxygens (including phenoxy) is 1. The number of anilines is 1. The van der Waals surface area contributed by atoms with Gasteiger partial charge < -0.3 is 10.1 Å². The molecule has 2 N–H and O–H groups in total. The van der Waals surface area contributed by atoms with Crippen LogP contribution in [0.5, 0.6) is 5.88 Å². The quantitative estimate of drug-likeness (QED) is 0.728. The van der Waals surface area contributed by atoms with E-state index in [0.717, 1.165) is 0 Å². The van der Waals surface area contributed by atoms with Crippen LogP contribution >= 0.6 is 0 Å². The van der Waals surface area contributed by atoms with Crippen molar-refractivity contribution in [2.75, 3.05) is 24.2 Å². The predicted molar refractivity (Wildman–Crippen MR) is 73.7 cm³/mol. The molecule has 1 aromatic rings. The fourth-order valence-corrected chi connectivity index (χ4v) is 2.30. The van der Waals surface area contributed by atoms with Crippen LogP contribution in [0.15, 0.2) is 12.4 Å². The molecular weight excluding hydrogens is 268 g/mol. The Labute approximate surface area is 113 Å². The Balaban J connectivity index is 2.49. The van der Waals surface area contributed by atoms with Gasteiger partial charge >= 0.3 is 0 Å². The SMILES string of the molecule is CCNS(=O)(=O)CCNc1cc(OC(C)C)ncn1. The van der Waals surface area contributed by atoms with Gasteiger partial charge in [-0.2, -0.15) is 0 Å². The number of nitrogens with one attached hydrogen (secondary N) is 2. The van der Waals surface area contributed by atoms with Gasteiger partial charge in [0.05, 0.1) is 11.9 Å². The van der Waals surface area contributed by atoms with Gasteiger partial charge in [-0.25, -0.2) is 23.1 Å². The van der Waals surface area contributed by atoms with Crippen LogP contribution in [0.1, 0.15) is 20.8 Å². The number of rotatable bonds is 8. The van der Waals surface area contributed by atoms with E-state index >= 15 is 0 Å². The van der Waals surface area contributed by atoms with Crippen molar-refractivity contribution in [3.63, 3.8) is 0 Å². The van der Waals surface area contributed by atoms with E-state index in [-0.39, 0.29) is 18.4 Å². The van der Waals surface area contributed by atoms with E-state index in [4.69, 9.17) is 4.74 Å². The summed E-state index contributed by atoms with van der Waals surface area (Å²) >= 11 is 0. The Morgan fingerprint density at radius 3 is 2.74 bits per heavy atom. The van der Waals surface area contributed by atoms with Crippen molar-refractivity contribution in [3.8, 4) is 5.88 Å². The average Bonchev–Trinajstić information content (AvgIpc) is 2.28. The molecule has 7 nitrogen and oxygen atoms in total. The maximum Gasteiger partial charge on any atom is 0.218 e. The van der Waals surface area contributed by atoms with Crippen molar-refractivity contribution >= 4 is 15.8 Å². The highest BCUT2D eigenvalue weighted by molar-refractivity contribution is 7.89.